The second kappa shape index (κ2) is 8.25. The SMILES string of the molecule is CCCC1(c2ccccc2)NC(=O)N(CC(=O)NC(C)c2ccccc2)C1=O. The monoisotopic (exact) mass is 379 g/mol. The van der Waals surface area contributed by atoms with Gasteiger partial charge in [-0.15, -0.1) is 0 Å². The Morgan fingerprint density at radius 3 is 2.29 bits per heavy atom. The number of hydrogen-bond donors (Lipinski definition) is 2. The molecule has 1 fully saturated rings. The first-order valence-corrected chi connectivity index (χ1v) is 9.52. The molecule has 1 heterocycles. The number of imide groups is 1. The number of amides is 4. The molecule has 1 saturated heterocycles. The van der Waals surface area contributed by atoms with Crippen LogP contribution in [0.25, 0.3) is 0 Å². The summed E-state index contributed by atoms with van der Waals surface area (Å²) in [6.45, 7) is 3.52. The van der Waals surface area contributed by atoms with Crippen LogP contribution in [-0.2, 0) is 15.1 Å². The van der Waals surface area contributed by atoms with Crippen molar-refractivity contribution >= 4 is 17.8 Å². The zero-order valence-electron chi connectivity index (χ0n) is 16.1. The Kier molecular flexibility index (Phi) is 5.78. The van der Waals surface area contributed by atoms with Gasteiger partial charge in [-0.2, -0.15) is 0 Å². The molecule has 0 aliphatic carbocycles. The molecule has 4 amide bonds. The topological polar surface area (TPSA) is 78.5 Å². The maximum Gasteiger partial charge on any atom is 0.325 e. The maximum absolute atomic E-state index is 13.2. The number of urea groups is 1. The summed E-state index contributed by atoms with van der Waals surface area (Å²) in [7, 11) is 0. The van der Waals surface area contributed by atoms with Gasteiger partial charge in [0.05, 0.1) is 6.04 Å². The minimum Gasteiger partial charge on any atom is -0.348 e. The van der Waals surface area contributed by atoms with Crippen LogP contribution in [0.4, 0.5) is 4.79 Å². The Balaban J connectivity index is 1.75. The molecule has 0 spiro atoms. The molecular formula is C22H25N3O3. The van der Waals surface area contributed by atoms with Crippen molar-refractivity contribution in [3.63, 3.8) is 0 Å². The molecule has 28 heavy (non-hydrogen) atoms. The Hall–Kier alpha value is -3.15. The first kappa shape index (κ1) is 19.6. The van der Waals surface area contributed by atoms with E-state index in [-0.39, 0.29) is 24.4 Å². The van der Waals surface area contributed by atoms with E-state index >= 15 is 0 Å². The van der Waals surface area contributed by atoms with Crippen LogP contribution >= 0.6 is 0 Å². The summed E-state index contributed by atoms with van der Waals surface area (Å²) in [5.41, 5.74) is 0.576. The van der Waals surface area contributed by atoms with Gasteiger partial charge in [0, 0.05) is 0 Å². The van der Waals surface area contributed by atoms with Crippen molar-refractivity contribution in [3.8, 4) is 0 Å². The van der Waals surface area contributed by atoms with Gasteiger partial charge in [0.15, 0.2) is 0 Å². The standard InChI is InChI=1S/C22H25N3O3/c1-3-14-22(18-12-8-5-9-13-18)20(27)25(21(28)24-22)15-19(26)23-16(2)17-10-6-4-7-11-17/h4-13,16H,3,14-15H2,1-2H3,(H,23,26)(H,24,28). The largest absolute Gasteiger partial charge is 0.348 e. The molecule has 2 N–H and O–H groups in total. The second-order valence-corrected chi connectivity index (χ2v) is 7.04. The third-order valence-corrected chi connectivity index (χ3v) is 5.05. The molecule has 0 aromatic heterocycles. The molecule has 2 atom stereocenters. The summed E-state index contributed by atoms with van der Waals surface area (Å²) in [4.78, 5) is 39.2. The van der Waals surface area contributed by atoms with E-state index < -0.39 is 11.6 Å². The van der Waals surface area contributed by atoms with Gasteiger partial charge < -0.3 is 10.6 Å². The van der Waals surface area contributed by atoms with Crippen LogP contribution < -0.4 is 10.6 Å². The predicted molar refractivity (Wildman–Crippen MR) is 106 cm³/mol. The molecular weight excluding hydrogens is 354 g/mol. The Bertz CT molecular complexity index is 854. The molecule has 1 aliphatic heterocycles. The van der Waals surface area contributed by atoms with Crippen molar-refractivity contribution in [2.24, 2.45) is 0 Å². The quantitative estimate of drug-likeness (QED) is 0.726. The highest BCUT2D eigenvalue weighted by Crippen LogP contribution is 2.33. The van der Waals surface area contributed by atoms with Crippen LogP contribution in [0.5, 0.6) is 0 Å². The number of benzene rings is 2. The van der Waals surface area contributed by atoms with Gasteiger partial charge >= 0.3 is 6.03 Å². The van der Waals surface area contributed by atoms with Gasteiger partial charge in [0.1, 0.15) is 12.1 Å². The third-order valence-electron chi connectivity index (χ3n) is 5.05. The highest BCUT2D eigenvalue weighted by atomic mass is 16.2. The number of carbonyl (C=O) groups is 3. The molecule has 1 aliphatic rings. The van der Waals surface area contributed by atoms with Gasteiger partial charge in [0.25, 0.3) is 5.91 Å². The molecule has 6 heteroatoms. The normalized spacial score (nSPS) is 20.0. The Morgan fingerprint density at radius 1 is 1.07 bits per heavy atom. The average molecular weight is 379 g/mol. The van der Waals surface area contributed by atoms with Gasteiger partial charge in [-0.1, -0.05) is 74.0 Å². The smallest absolute Gasteiger partial charge is 0.325 e. The molecule has 0 bridgehead atoms. The van der Waals surface area contributed by atoms with Crippen molar-refractivity contribution in [1.29, 1.82) is 0 Å². The molecule has 0 saturated carbocycles. The summed E-state index contributed by atoms with van der Waals surface area (Å²) >= 11 is 0. The molecule has 6 nitrogen and oxygen atoms in total. The lowest BCUT2D eigenvalue weighted by Crippen LogP contribution is -2.45. The van der Waals surface area contributed by atoms with E-state index in [9.17, 15) is 14.4 Å². The minimum atomic E-state index is -1.11. The first-order valence-electron chi connectivity index (χ1n) is 9.52. The summed E-state index contributed by atoms with van der Waals surface area (Å²) in [5, 5.41) is 5.68. The van der Waals surface area contributed by atoms with Crippen molar-refractivity contribution in [2.75, 3.05) is 6.54 Å². The fourth-order valence-corrected chi connectivity index (χ4v) is 3.63. The van der Waals surface area contributed by atoms with Crippen LogP contribution in [0, 0.1) is 0 Å². The first-order chi connectivity index (χ1) is 13.5. The maximum atomic E-state index is 13.2. The van der Waals surface area contributed by atoms with E-state index in [1.807, 2.05) is 74.5 Å². The zero-order chi connectivity index (χ0) is 20.1. The number of nitrogens with one attached hydrogen (secondary N) is 2. The summed E-state index contributed by atoms with van der Waals surface area (Å²) in [6.07, 6.45) is 1.19. The average Bonchev–Trinajstić information content (AvgIpc) is 2.94. The lowest BCUT2D eigenvalue weighted by atomic mass is 9.85. The lowest BCUT2D eigenvalue weighted by Gasteiger charge is -2.27. The van der Waals surface area contributed by atoms with Crippen LogP contribution in [-0.4, -0.2) is 29.3 Å². The molecule has 2 aromatic carbocycles. The minimum absolute atomic E-state index is 0.219. The van der Waals surface area contributed by atoms with Crippen LogP contribution in [0.3, 0.4) is 0 Å². The number of rotatable bonds is 7. The second-order valence-electron chi connectivity index (χ2n) is 7.04. The van der Waals surface area contributed by atoms with E-state index in [1.165, 1.54) is 0 Å². The van der Waals surface area contributed by atoms with E-state index in [2.05, 4.69) is 10.6 Å². The molecule has 0 radical (unpaired) electrons. The fourth-order valence-electron chi connectivity index (χ4n) is 3.63. The lowest BCUT2D eigenvalue weighted by molar-refractivity contribution is -0.135. The summed E-state index contributed by atoms with van der Waals surface area (Å²) in [5.74, 6) is -0.756. The summed E-state index contributed by atoms with van der Waals surface area (Å²) < 4.78 is 0. The van der Waals surface area contributed by atoms with Crippen molar-refractivity contribution in [1.82, 2.24) is 15.5 Å². The summed E-state index contributed by atoms with van der Waals surface area (Å²) in [6, 6.07) is 18.0. The number of hydrogen-bond acceptors (Lipinski definition) is 3. The third kappa shape index (κ3) is 3.76. The van der Waals surface area contributed by atoms with Crippen molar-refractivity contribution in [3.05, 3.63) is 71.8 Å². The van der Waals surface area contributed by atoms with Crippen molar-refractivity contribution in [2.45, 2.75) is 38.3 Å². The highest BCUT2D eigenvalue weighted by molar-refractivity contribution is 6.09. The number of nitrogens with zero attached hydrogens (tertiary/aromatic N) is 1. The molecule has 2 unspecified atom stereocenters. The predicted octanol–water partition coefficient (Wildman–Crippen LogP) is 3.11. The Morgan fingerprint density at radius 2 is 1.68 bits per heavy atom. The van der Waals surface area contributed by atoms with Gasteiger partial charge in [0.2, 0.25) is 5.91 Å². The van der Waals surface area contributed by atoms with Gasteiger partial charge in [-0.25, -0.2) is 4.79 Å². The fraction of sp³-hybridized carbons (Fsp3) is 0.318. The van der Waals surface area contributed by atoms with E-state index in [1.54, 1.807) is 0 Å². The van der Waals surface area contributed by atoms with Gasteiger partial charge in [-0.05, 0) is 24.5 Å². The Labute approximate surface area is 164 Å². The molecule has 3 rings (SSSR count). The molecule has 146 valence electrons. The zero-order valence-corrected chi connectivity index (χ0v) is 16.1. The van der Waals surface area contributed by atoms with E-state index in [0.29, 0.717) is 12.8 Å². The molecule has 2 aromatic rings. The van der Waals surface area contributed by atoms with Crippen LogP contribution in [0.1, 0.15) is 43.9 Å². The van der Waals surface area contributed by atoms with E-state index in [0.717, 1.165) is 16.0 Å². The van der Waals surface area contributed by atoms with Crippen LogP contribution in [0.15, 0.2) is 60.7 Å². The number of carbonyl (C=O) groups excluding carboxylic acids is 3. The van der Waals surface area contributed by atoms with Crippen LogP contribution in [0.2, 0.25) is 0 Å². The van der Waals surface area contributed by atoms with Gasteiger partial charge in [-0.3, -0.25) is 14.5 Å². The van der Waals surface area contributed by atoms with Crippen molar-refractivity contribution < 1.29 is 14.4 Å². The highest BCUT2D eigenvalue weighted by Gasteiger charge is 2.52. The van der Waals surface area contributed by atoms with E-state index in [4.69, 9.17) is 0 Å².